The first-order valence-electron chi connectivity index (χ1n) is 9.61. The molecular weight excluding hydrogens is 349 g/mol. The van der Waals surface area contributed by atoms with Crippen LogP contribution in [0.1, 0.15) is 49.8 Å². The third-order valence-corrected chi connectivity index (χ3v) is 6.51. The molecule has 0 aromatic heterocycles. The molecule has 2 aromatic carbocycles. The van der Waals surface area contributed by atoms with E-state index in [9.17, 15) is 5.11 Å². The summed E-state index contributed by atoms with van der Waals surface area (Å²) in [6.45, 7) is 9.56. The average Bonchev–Trinajstić information content (AvgIpc) is 2.64. The molecule has 3 heteroatoms. The SMILES string of the molecule is Cc1cccc(CNC(C)(C)C)c1Pc1cccc(C2C=CC=CC2)c1O. The van der Waals surface area contributed by atoms with Crippen LogP contribution in [0.15, 0.2) is 60.7 Å². The third-order valence-electron chi connectivity index (χ3n) is 4.88. The van der Waals surface area contributed by atoms with Gasteiger partial charge in [-0.15, -0.1) is 0 Å². The first kappa shape index (κ1) is 19.9. The van der Waals surface area contributed by atoms with Crippen LogP contribution in [0.5, 0.6) is 5.75 Å². The van der Waals surface area contributed by atoms with Gasteiger partial charge in [-0.25, -0.2) is 0 Å². The summed E-state index contributed by atoms with van der Waals surface area (Å²) in [5.41, 5.74) is 3.71. The Morgan fingerprint density at radius 2 is 1.89 bits per heavy atom. The van der Waals surface area contributed by atoms with Crippen LogP contribution in [-0.4, -0.2) is 10.6 Å². The fourth-order valence-electron chi connectivity index (χ4n) is 3.32. The summed E-state index contributed by atoms with van der Waals surface area (Å²) in [5.74, 6) is 0.720. The van der Waals surface area contributed by atoms with Gasteiger partial charge in [-0.3, -0.25) is 0 Å². The summed E-state index contributed by atoms with van der Waals surface area (Å²) in [6.07, 6.45) is 9.42. The molecule has 142 valence electrons. The predicted octanol–water partition coefficient (Wildman–Crippen LogP) is 4.82. The number of hydrogen-bond donors (Lipinski definition) is 2. The molecule has 2 N–H and O–H groups in total. The van der Waals surface area contributed by atoms with Crippen molar-refractivity contribution in [2.45, 2.75) is 52.1 Å². The number of para-hydroxylation sites is 1. The fourth-order valence-corrected chi connectivity index (χ4v) is 4.65. The second-order valence-corrected chi connectivity index (χ2v) is 9.52. The van der Waals surface area contributed by atoms with E-state index < -0.39 is 0 Å². The molecule has 0 spiro atoms. The Hall–Kier alpha value is -1.89. The number of hydrogen-bond acceptors (Lipinski definition) is 2. The Labute approximate surface area is 165 Å². The number of aromatic hydroxyl groups is 1. The van der Waals surface area contributed by atoms with Crippen LogP contribution in [-0.2, 0) is 6.54 Å². The first-order chi connectivity index (χ1) is 12.8. The smallest absolute Gasteiger partial charge is 0.127 e. The van der Waals surface area contributed by atoms with E-state index in [1.165, 1.54) is 16.4 Å². The quantitative estimate of drug-likeness (QED) is 0.730. The van der Waals surface area contributed by atoms with Gasteiger partial charge in [0.15, 0.2) is 0 Å². The number of allylic oxidation sites excluding steroid dienone is 4. The number of phenols is 1. The third kappa shape index (κ3) is 5.09. The molecule has 0 saturated carbocycles. The van der Waals surface area contributed by atoms with Crippen LogP contribution < -0.4 is 15.9 Å². The number of nitrogens with one attached hydrogen (secondary N) is 1. The number of rotatable bonds is 5. The van der Waals surface area contributed by atoms with E-state index in [1.54, 1.807) is 0 Å². The first-order valence-corrected chi connectivity index (χ1v) is 10.6. The van der Waals surface area contributed by atoms with Crippen molar-refractivity contribution in [3.63, 3.8) is 0 Å². The van der Waals surface area contributed by atoms with Crippen LogP contribution in [0.4, 0.5) is 0 Å². The maximum Gasteiger partial charge on any atom is 0.127 e. The van der Waals surface area contributed by atoms with Crippen molar-refractivity contribution in [3.05, 3.63) is 77.4 Å². The zero-order valence-electron chi connectivity index (χ0n) is 16.7. The topological polar surface area (TPSA) is 32.3 Å². The lowest BCUT2D eigenvalue weighted by atomic mass is 9.92. The average molecular weight is 379 g/mol. The zero-order chi connectivity index (χ0) is 19.4. The van der Waals surface area contributed by atoms with Crippen molar-refractivity contribution >= 4 is 19.2 Å². The van der Waals surface area contributed by atoms with E-state index in [-0.39, 0.29) is 11.5 Å². The Balaban J connectivity index is 1.89. The molecule has 0 aliphatic heterocycles. The molecule has 0 saturated heterocycles. The molecule has 2 aromatic rings. The minimum absolute atomic E-state index is 0.0764. The molecule has 0 fully saturated rings. The molecule has 0 amide bonds. The molecule has 0 radical (unpaired) electrons. The number of phenolic OH excluding ortho intramolecular Hbond substituents is 1. The van der Waals surface area contributed by atoms with Crippen molar-refractivity contribution in [2.75, 3.05) is 0 Å². The van der Waals surface area contributed by atoms with Gasteiger partial charge < -0.3 is 10.4 Å². The van der Waals surface area contributed by atoms with Crippen molar-refractivity contribution in [3.8, 4) is 5.75 Å². The molecule has 3 rings (SSSR count). The van der Waals surface area contributed by atoms with Crippen LogP contribution >= 0.6 is 8.58 Å². The highest BCUT2D eigenvalue weighted by molar-refractivity contribution is 7.56. The molecule has 0 heterocycles. The highest BCUT2D eigenvalue weighted by Gasteiger charge is 2.17. The molecule has 2 nitrogen and oxygen atoms in total. The summed E-state index contributed by atoms with van der Waals surface area (Å²) in [5, 5.41) is 16.9. The van der Waals surface area contributed by atoms with Crippen molar-refractivity contribution < 1.29 is 5.11 Å². The van der Waals surface area contributed by atoms with Crippen molar-refractivity contribution in [1.29, 1.82) is 0 Å². The molecule has 1 aliphatic rings. The summed E-state index contributed by atoms with van der Waals surface area (Å²) >= 11 is 0. The Kier molecular flexibility index (Phi) is 6.19. The van der Waals surface area contributed by atoms with Crippen molar-refractivity contribution in [2.24, 2.45) is 0 Å². The molecule has 0 bridgehead atoms. The largest absolute Gasteiger partial charge is 0.507 e. The molecule has 2 atom stereocenters. The number of aryl methyl sites for hydroxylation is 1. The van der Waals surface area contributed by atoms with Gasteiger partial charge in [0.1, 0.15) is 5.75 Å². The molecular formula is C24H30NOP. The van der Waals surface area contributed by atoms with Gasteiger partial charge >= 0.3 is 0 Å². The van der Waals surface area contributed by atoms with Gasteiger partial charge in [0, 0.05) is 28.9 Å². The Morgan fingerprint density at radius 3 is 2.59 bits per heavy atom. The summed E-state index contributed by atoms with van der Waals surface area (Å²) < 4.78 is 0. The summed E-state index contributed by atoms with van der Waals surface area (Å²) in [4.78, 5) is 0. The molecule has 2 unspecified atom stereocenters. The monoisotopic (exact) mass is 379 g/mol. The van der Waals surface area contributed by atoms with Crippen LogP contribution in [0, 0.1) is 6.92 Å². The highest BCUT2D eigenvalue weighted by atomic mass is 31.1. The summed E-state index contributed by atoms with van der Waals surface area (Å²) in [7, 11) is 0.445. The zero-order valence-corrected chi connectivity index (χ0v) is 17.7. The minimum Gasteiger partial charge on any atom is -0.507 e. The van der Waals surface area contributed by atoms with Gasteiger partial charge in [-0.05, 0) is 50.5 Å². The Bertz CT molecular complexity index is 861. The van der Waals surface area contributed by atoms with Crippen LogP contribution in [0.2, 0.25) is 0 Å². The van der Waals surface area contributed by atoms with E-state index in [0.29, 0.717) is 14.3 Å². The second kappa shape index (κ2) is 8.42. The van der Waals surface area contributed by atoms with E-state index in [4.69, 9.17) is 0 Å². The van der Waals surface area contributed by atoms with E-state index in [2.05, 4.69) is 93.7 Å². The van der Waals surface area contributed by atoms with E-state index in [0.717, 1.165) is 23.8 Å². The Morgan fingerprint density at radius 1 is 1.11 bits per heavy atom. The second-order valence-electron chi connectivity index (χ2n) is 8.24. The lowest BCUT2D eigenvalue weighted by Crippen LogP contribution is -2.36. The van der Waals surface area contributed by atoms with Crippen molar-refractivity contribution in [1.82, 2.24) is 5.32 Å². The van der Waals surface area contributed by atoms with Gasteiger partial charge in [-0.1, -0.05) is 69.3 Å². The fraction of sp³-hybridized carbons (Fsp3) is 0.333. The minimum atomic E-state index is 0.0764. The van der Waals surface area contributed by atoms with Crippen LogP contribution in [0.25, 0.3) is 0 Å². The highest BCUT2D eigenvalue weighted by Crippen LogP contribution is 2.33. The van der Waals surface area contributed by atoms with Gasteiger partial charge in [0.2, 0.25) is 0 Å². The van der Waals surface area contributed by atoms with Gasteiger partial charge in [-0.2, -0.15) is 0 Å². The standard InChI is InChI=1S/C24H30NOP/c1-17-10-8-13-19(16-25-24(2,3)4)23(17)27-21-15-9-14-20(22(21)26)18-11-6-5-7-12-18/h5-11,13-15,18,25-27H,12,16H2,1-4H3. The van der Waals surface area contributed by atoms with Gasteiger partial charge in [0.05, 0.1) is 0 Å². The molecule has 1 aliphatic carbocycles. The maximum atomic E-state index is 11.0. The lowest BCUT2D eigenvalue weighted by Gasteiger charge is -2.23. The predicted molar refractivity (Wildman–Crippen MR) is 119 cm³/mol. The van der Waals surface area contributed by atoms with E-state index in [1.807, 2.05) is 0 Å². The maximum absolute atomic E-state index is 11.0. The van der Waals surface area contributed by atoms with Crippen LogP contribution in [0.3, 0.4) is 0 Å². The normalized spacial score (nSPS) is 17.1. The lowest BCUT2D eigenvalue weighted by molar-refractivity contribution is 0.425. The van der Waals surface area contributed by atoms with Gasteiger partial charge in [0.25, 0.3) is 0 Å². The summed E-state index contributed by atoms with van der Waals surface area (Å²) in [6, 6.07) is 12.7. The number of benzene rings is 2. The van der Waals surface area contributed by atoms with E-state index >= 15 is 0 Å². The molecule has 27 heavy (non-hydrogen) atoms.